The Labute approximate surface area is 193 Å². The van der Waals surface area contributed by atoms with Gasteiger partial charge in [-0.05, 0) is 48.0 Å². The van der Waals surface area contributed by atoms with Crippen LogP contribution in [0.3, 0.4) is 0 Å². The summed E-state index contributed by atoms with van der Waals surface area (Å²) < 4.78 is 5.81. The van der Waals surface area contributed by atoms with E-state index in [0.717, 1.165) is 21.7 Å². The first-order valence-electron chi connectivity index (χ1n) is 9.38. The fourth-order valence-electron chi connectivity index (χ4n) is 2.78. The van der Waals surface area contributed by atoms with Crippen LogP contribution < -0.4 is 10.1 Å². The third-order valence-electron chi connectivity index (χ3n) is 4.42. The Morgan fingerprint density at radius 3 is 2.68 bits per heavy atom. The van der Waals surface area contributed by atoms with Crippen molar-refractivity contribution in [1.29, 1.82) is 0 Å². The van der Waals surface area contributed by atoms with Gasteiger partial charge in [0.15, 0.2) is 0 Å². The van der Waals surface area contributed by atoms with Crippen LogP contribution in [-0.4, -0.2) is 15.9 Å². The number of benzene rings is 2. The minimum Gasteiger partial charge on any atom is -0.489 e. The molecule has 0 atom stereocenters. The van der Waals surface area contributed by atoms with Crippen molar-refractivity contribution in [3.05, 3.63) is 99.2 Å². The highest BCUT2D eigenvalue weighted by molar-refractivity contribution is 7.13. The number of pyridine rings is 1. The number of amides is 1. The number of aromatic nitrogens is 2. The zero-order valence-corrected chi connectivity index (χ0v) is 18.5. The van der Waals surface area contributed by atoms with E-state index in [-0.39, 0.29) is 5.91 Å². The summed E-state index contributed by atoms with van der Waals surface area (Å²) in [5, 5.41) is 6.53. The molecule has 0 aliphatic carbocycles. The first-order chi connectivity index (χ1) is 15.1. The minimum atomic E-state index is -0.217. The van der Waals surface area contributed by atoms with E-state index in [1.165, 1.54) is 11.3 Å². The van der Waals surface area contributed by atoms with E-state index in [9.17, 15) is 4.79 Å². The van der Waals surface area contributed by atoms with Crippen LogP contribution >= 0.6 is 34.5 Å². The van der Waals surface area contributed by atoms with Crippen molar-refractivity contribution in [2.75, 3.05) is 0 Å². The Bertz CT molecular complexity index is 1180. The molecule has 0 saturated heterocycles. The number of nitrogens with zero attached hydrogens (tertiary/aromatic N) is 2. The normalized spacial score (nSPS) is 10.6. The van der Waals surface area contributed by atoms with E-state index in [0.29, 0.717) is 34.6 Å². The van der Waals surface area contributed by atoms with Crippen molar-refractivity contribution >= 4 is 40.4 Å². The van der Waals surface area contributed by atoms with E-state index >= 15 is 0 Å². The number of carbonyl (C=O) groups excluding carboxylic acids is 1. The van der Waals surface area contributed by atoms with E-state index in [1.807, 2.05) is 42.5 Å². The number of thiazole rings is 1. The predicted octanol–water partition coefficient (Wildman–Crippen LogP) is 6.02. The van der Waals surface area contributed by atoms with E-state index in [1.54, 1.807) is 29.9 Å². The second kappa shape index (κ2) is 9.92. The quantitative estimate of drug-likeness (QED) is 0.359. The molecule has 156 valence electrons. The van der Waals surface area contributed by atoms with Gasteiger partial charge in [0.2, 0.25) is 0 Å². The summed E-state index contributed by atoms with van der Waals surface area (Å²) in [6.07, 6.45) is 3.42. The van der Waals surface area contributed by atoms with Crippen LogP contribution in [0, 0.1) is 0 Å². The smallest absolute Gasteiger partial charge is 0.271 e. The van der Waals surface area contributed by atoms with Gasteiger partial charge in [-0.1, -0.05) is 35.3 Å². The van der Waals surface area contributed by atoms with Crippen LogP contribution in [-0.2, 0) is 13.2 Å². The lowest BCUT2D eigenvalue weighted by Gasteiger charge is -2.08. The standard InChI is InChI=1S/C23H17Cl2N3O2S/c24-18-6-3-17(20(25)10-18)13-30-19-7-4-16(5-8-19)23-28-21(14-31-23)22(29)27-12-15-2-1-9-26-11-15/h1-11,14H,12-13H2,(H,27,29). The van der Waals surface area contributed by atoms with E-state index in [4.69, 9.17) is 27.9 Å². The van der Waals surface area contributed by atoms with Gasteiger partial charge in [-0.15, -0.1) is 11.3 Å². The summed E-state index contributed by atoms with van der Waals surface area (Å²) in [4.78, 5) is 20.9. The molecule has 0 aliphatic rings. The van der Waals surface area contributed by atoms with Gasteiger partial charge in [-0.25, -0.2) is 4.98 Å². The monoisotopic (exact) mass is 469 g/mol. The Balaban J connectivity index is 1.36. The molecule has 0 radical (unpaired) electrons. The van der Waals surface area contributed by atoms with Gasteiger partial charge in [0, 0.05) is 45.5 Å². The maximum Gasteiger partial charge on any atom is 0.271 e. The largest absolute Gasteiger partial charge is 0.489 e. The average molecular weight is 470 g/mol. The van der Waals surface area contributed by atoms with Gasteiger partial charge in [0.25, 0.3) is 5.91 Å². The fourth-order valence-corrected chi connectivity index (χ4v) is 4.05. The van der Waals surface area contributed by atoms with Crippen molar-refractivity contribution in [3.63, 3.8) is 0 Å². The SMILES string of the molecule is O=C(NCc1cccnc1)c1csc(-c2ccc(OCc3ccc(Cl)cc3Cl)cc2)n1. The third kappa shape index (κ3) is 5.61. The lowest BCUT2D eigenvalue weighted by atomic mass is 10.2. The van der Waals surface area contributed by atoms with E-state index < -0.39 is 0 Å². The molecule has 31 heavy (non-hydrogen) atoms. The molecule has 2 aromatic heterocycles. The van der Waals surface area contributed by atoms with Crippen LogP contribution in [0.25, 0.3) is 10.6 Å². The second-order valence-electron chi connectivity index (χ2n) is 6.63. The van der Waals surface area contributed by atoms with Crippen molar-refractivity contribution in [2.24, 2.45) is 0 Å². The van der Waals surface area contributed by atoms with Crippen molar-refractivity contribution in [3.8, 4) is 16.3 Å². The van der Waals surface area contributed by atoms with Crippen LogP contribution in [0.2, 0.25) is 10.0 Å². The Morgan fingerprint density at radius 2 is 1.94 bits per heavy atom. The van der Waals surface area contributed by atoms with Crippen LogP contribution in [0.15, 0.2) is 72.4 Å². The molecule has 4 rings (SSSR count). The van der Waals surface area contributed by atoms with Crippen molar-refractivity contribution in [1.82, 2.24) is 15.3 Å². The molecule has 0 fully saturated rings. The van der Waals surface area contributed by atoms with Gasteiger partial charge in [0.05, 0.1) is 0 Å². The number of nitrogens with one attached hydrogen (secondary N) is 1. The summed E-state index contributed by atoms with van der Waals surface area (Å²) in [6, 6.07) is 16.6. The Morgan fingerprint density at radius 1 is 1.10 bits per heavy atom. The van der Waals surface area contributed by atoms with Gasteiger partial charge in [-0.3, -0.25) is 9.78 Å². The zero-order valence-electron chi connectivity index (χ0n) is 16.2. The summed E-state index contributed by atoms with van der Waals surface area (Å²) >= 11 is 13.5. The number of halogens is 2. The van der Waals surface area contributed by atoms with Crippen molar-refractivity contribution < 1.29 is 9.53 Å². The predicted molar refractivity (Wildman–Crippen MR) is 124 cm³/mol. The summed E-state index contributed by atoms with van der Waals surface area (Å²) in [5.74, 6) is 0.493. The maximum atomic E-state index is 12.4. The number of ether oxygens (including phenoxy) is 1. The molecule has 1 amide bonds. The van der Waals surface area contributed by atoms with Crippen LogP contribution in [0.4, 0.5) is 0 Å². The molecule has 4 aromatic rings. The highest BCUT2D eigenvalue weighted by Gasteiger charge is 2.12. The number of hydrogen-bond donors (Lipinski definition) is 1. The first kappa shape index (κ1) is 21.3. The fraction of sp³-hybridized carbons (Fsp3) is 0.0870. The molecule has 1 N–H and O–H groups in total. The molecule has 0 unspecified atom stereocenters. The topological polar surface area (TPSA) is 64.1 Å². The zero-order chi connectivity index (χ0) is 21.6. The third-order valence-corrected chi connectivity index (χ3v) is 5.90. The van der Waals surface area contributed by atoms with Crippen LogP contribution in [0.5, 0.6) is 5.75 Å². The molecule has 0 saturated carbocycles. The van der Waals surface area contributed by atoms with Gasteiger partial charge >= 0.3 is 0 Å². The summed E-state index contributed by atoms with van der Waals surface area (Å²) in [7, 11) is 0. The van der Waals surface area contributed by atoms with Gasteiger partial charge < -0.3 is 10.1 Å². The van der Waals surface area contributed by atoms with E-state index in [2.05, 4.69) is 15.3 Å². The highest BCUT2D eigenvalue weighted by atomic mass is 35.5. The molecular formula is C23H17Cl2N3O2S. The minimum absolute atomic E-state index is 0.217. The Kier molecular flexibility index (Phi) is 6.82. The molecule has 8 heteroatoms. The summed E-state index contributed by atoms with van der Waals surface area (Å²) in [6.45, 7) is 0.747. The Hall–Kier alpha value is -2.93. The molecule has 0 aliphatic heterocycles. The molecule has 2 heterocycles. The van der Waals surface area contributed by atoms with Gasteiger partial charge in [-0.2, -0.15) is 0 Å². The number of rotatable bonds is 7. The second-order valence-corrected chi connectivity index (χ2v) is 8.33. The van der Waals surface area contributed by atoms with Gasteiger partial charge in [0.1, 0.15) is 23.1 Å². The molecular weight excluding hydrogens is 453 g/mol. The summed E-state index contributed by atoms with van der Waals surface area (Å²) in [5.41, 5.74) is 3.09. The van der Waals surface area contributed by atoms with Crippen LogP contribution in [0.1, 0.15) is 21.6 Å². The number of carbonyl (C=O) groups is 1. The lowest BCUT2D eigenvalue weighted by molar-refractivity contribution is 0.0946. The highest BCUT2D eigenvalue weighted by Crippen LogP contribution is 2.27. The molecule has 5 nitrogen and oxygen atoms in total. The average Bonchev–Trinajstić information content (AvgIpc) is 3.28. The molecule has 0 bridgehead atoms. The van der Waals surface area contributed by atoms with Crippen molar-refractivity contribution in [2.45, 2.75) is 13.2 Å². The maximum absolute atomic E-state index is 12.4. The lowest BCUT2D eigenvalue weighted by Crippen LogP contribution is -2.23. The number of hydrogen-bond acceptors (Lipinski definition) is 5. The first-order valence-corrected chi connectivity index (χ1v) is 11.0. The molecule has 0 spiro atoms. The molecule has 2 aromatic carbocycles.